The van der Waals surface area contributed by atoms with E-state index in [-0.39, 0.29) is 6.10 Å². The Hall–Kier alpha value is -1.69. The van der Waals surface area contributed by atoms with Gasteiger partial charge in [0.05, 0.1) is 0 Å². The number of para-hydroxylation sites is 2. The van der Waals surface area contributed by atoms with Gasteiger partial charge in [-0.05, 0) is 12.1 Å². The van der Waals surface area contributed by atoms with E-state index in [0.717, 1.165) is 5.75 Å². The van der Waals surface area contributed by atoms with Crippen molar-refractivity contribution in [3.63, 3.8) is 0 Å². The zero-order valence-electron chi connectivity index (χ0n) is 10.7. The van der Waals surface area contributed by atoms with E-state index in [1.54, 1.807) is 0 Å². The molecule has 3 rings (SSSR count). The van der Waals surface area contributed by atoms with Crippen LogP contribution in [0.15, 0.2) is 33.9 Å². The number of hydrogen-bond donors (Lipinski definition) is 0. The van der Waals surface area contributed by atoms with Gasteiger partial charge in [0.2, 0.25) is 6.10 Å². The van der Waals surface area contributed by atoms with E-state index in [2.05, 4.69) is 24.0 Å². The molecule has 0 saturated carbocycles. The normalized spacial score (nSPS) is 17.7. The summed E-state index contributed by atoms with van der Waals surface area (Å²) in [7, 11) is 0. The molecule has 0 spiro atoms. The van der Waals surface area contributed by atoms with Crippen LogP contribution in [0.25, 0.3) is 0 Å². The van der Waals surface area contributed by atoms with Crippen LogP contribution in [0.1, 0.15) is 25.8 Å². The number of thioether (sulfide) groups is 1. The van der Waals surface area contributed by atoms with Crippen LogP contribution in [-0.4, -0.2) is 22.1 Å². The second kappa shape index (κ2) is 5.13. The third-order valence-electron chi connectivity index (χ3n) is 2.54. The van der Waals surface area contributed by atoms with Crippen LogP contribution < -0.4 is 9.47 Å². The number of aromatic nitrogens is 2. The van der Waals surface area contributed by atoms with Gasteiger partial charge in [-0.15, -0.1) is 10.2 Å². The Balaban J connectivity index is 1.76. The maximum absolute atomic E-state index is 5.81. The Kier molecular flexibility index (Phi) is 3.33. The van der Waals surface area contributed by atoms with Crippen molar-refractivity contribution in [3.05, 3.63) is 30.2 Å². The van der Waals surface area contributed by atoms with Crippen LogP contribution in [0.3, 0.4) is 0 Å². The predicted molar refractivity (Wildman–Crippen MR) is 70.6 cm³/mol. The molecule has 0 N–H and O–H groups in total. The number of fused-ring (bicyclic) bond motifs is 1. The van der Waals surface area contributed by atoms with Gasteiger partial charge in [-0.2, -0.15) is 0 Å². The second-order valence-corrected chi connectivity index (χ2v) is 5.96. The minimum atomic E-state index is -0.344. The molecule has 0 fully saturated rings. The molecule has 2 aromatic rings. The van der Waals surface area contributed by atoms with E-state index in [9.17, 15) is 0 Å². The van der Waals surface area contributed by atoms with Crippen LogP contribution in [0.4, 0.5) is 0 Å². The van der Waals surface area contributed by atoms with Crippen molar-refractivity contribution >= 4 is 11.8 Å². The molecule has 1 aromatic carbocycles. The molecule has 0 unspecified atom stereocenters. The number of nitrogens with zero attached hydrogens (tertiary/aromatic N) is 2. The lowest BCUT2D eigenvalue weighted by atomic mass is 10.2. The van der Waals surface area contributed by atoms with E-state index < -0.39 is 0 Å². The minimum absolute atomic E-state index is 0.344. The van der Waals surface area contributed by atoms with E-state index >= 15 is 0 Å². The molecule has 1 atom stereocenters. The molecule has 1 aliphatic heterocycles. The molecular formula is C13H14N2O3S. The molecule has 0 aliphatic carbocycles. The molecule has 0 saturated heterocycles. The molecule has 6 heteroatoms. The van der Waals surface area contributed by atoms with Crippen molar-refractivity contribution in [3.8, 4) is 11.5 Å². The molecule has 0 bridgehead atoms. The average molecular weight is 278 g/mol. The number of hydrogen-bond acceptors (Lipinski definition) is 6. The van der Waals surface area contributed by atoms with Crippen molar-refractivity contribution in [2.24, 2.45) is 0 Å². The van der Waals surface area contributed by atoms with Gasteiger partial charge < -0.3 is 13.9 Å². The summed E-state index contributed by atoms with van der Waals surface area (Å²) in [4.78, 5) is 0. The summed E-state index contributed by atoms with van der Waals surface area (Å²) < 4.78 is 17.0. The third-order valence-corrected chi connectivity index (χ3v) is 3.38. The zero-order chi connectivity index (χ0) is 13.2. The molecule has 0 radical (unpaired) electrons. The quantitative estimate of drug-likeness (QED) is 0.804. The molecule has 1 aromatic heterocycles. The van der Waals surface area contributed by atoms with Crippen LogP contribution in [0, 0.1) is 0 Å². The summed E-state index contributed by atoms with van der Waals surface area (Å²) in [5.74, 6) is 1.91. The second-order valence-electron chi connectivity index (χ2n) is 4.44. The van der Waals surface area contributed by atoms with Gasteiger partial charge in [-0.3, -0.25) is 0 Å². The van der Waals surface area contributed by atoms with Gasteiger partial charge >= 0.3 is 0 Å². The summed E-state index contributed by atoms with van der Waals surface area (Å²) in [6, 6.07) is 7.55. The smallest absolute Gasteiger partial charge is 0.276 e. The first-order chi connectivity index (χ1) is 9.22. The molecule has 0 amide bonds. The Morgan fingerprint density at radius 3 is 2.79 bits per heavy atom. The van der Waals surface area contributed by atoms with E-state index in [1.807, 2.05) is 24.3 Å². The molecule has 5 nitrogen and oxygen atoms in total. The van der Waals surface area contributed by atoms with E-state index in [4.69, 9.17) is 13.9 Å². The molecular weight excluding hydrogens is 264 g/mol. The highest BCUT2D eigenvalue weighted by atomic mass is 32.2. The van der Waals surface area contributed by atoms with Gasteiger partial charge in [0.1, 0.15) is 6.61 Å². The summed E-state index contributed by atoms with van der Waals surface area (Å²) in [5.41, 5.74) is 0. The highest BCUT2D eigenvalue weighted by Crippen LogP contribution is 2.36. The Labute approximate surface area is 115 Å². The maximum atomic E-state index is 5.81. The first-order valence-corrected chi connectivity index (χ1v) is 6.99. The van der Waals surface area contributed by atoms with Gasteiger partial charge in [0, 0.05) is 5.25 Å². The summed E-state index contributed by atoms with van der Waals surface area (Å²) in [6.45, 7) is 4.53. The van der Waals surface area contributed by atoms with Crippen LogP contribution in [0.5, 0.6) is 11.5 Å². The highest BCUT2D eigenvalue weighted by molar-refractivity contribution is 7.99. The van der Waals surface area contributed by atoms with Gasteiger partial charge in [0.25, 0.3) is 11.1 Å². The van der Waals surface area contributed by atoms with Crippen molar-refractivity contribution in [1.29, 1.82) is 0 Å². The predicted octanol–water partition coefficient (Wildman–Crippen LogP) is 3.08. The topological polar surface area (TPSA) is 57.4 Å². The Morgan fingerprint density at radius 2 is 2.00 bits per heavy atom. The number of ether oxygens (including phenoxy) is 2. The summed E-state index contributed by atoms with van der Waals surface area (Å²) in [6.07, 6.45) is -0.344. The van der Waals surface area contributed by atoms with Crippen molar-refractivity contribution in [2.45, 2.75) is 30.4 Å². The van der Waals surface area contributed by atoms with Gasteiger partial charge in [-0.1, -0.05) is 37.7 Å². The largest absolute Gasteiger partial charge is 0.485 e. The van der Waals surface area contributed by atoms with Gasteiger partial charge in [0.15, 0.2) is 11.5 Å². The van der Waals surface area contributed by atoms with Crippen molar-refractivity contribution in [2.75, 3.05) is 6.61 Å². The lowest BCUT2D eigenvalue weighted by Crippen LogP contribution is -2.21. The fourth-order valence-electron chi connectivity index (χ4n) is 1.74. The number of benzene rings is 1. The van der Waals surface area contributed by atoms with Crippen LogP contribution >= 0.6 is 11.8 Å². The average Bonchev–Trinajstić information content (AvgIpc) is 2.86. The molecule has 100 valence electrons. The first-order valence-electron chi connectivity index (χ1n) is 6.11. The standard InChI is InChI=1S/C13H14N2O3S/c1-8(2)19-13-15-14-12(18-13)11-7-16-9-5-3-4-6-10(9)17-11/h3-6,8,11H,7H2,1-2H3/t11-/m0/s1. The maximum Gasteiger partial charge on any atom is 0.276 e. The van der Waals surface area contributed by atoms with Gasteiger partial charge in [-0.25, -0.2) is 0 Å². The number of rotatable bonds is 3. The van der Waals surface area contributed by atoms with E-state index in [1.165, 1.54) is 11.8 Å². The third kappa shape index (κ3) is 2.68. The Morgan fingerprint density at radius 1 is 1.21 bits per heavy atom. The van der Waals surface area contributed by atoms with Crippen LogP contribution in [0.2, 0.25) is 0 Å². The zero-order valence-corrected chi connectivity index (χ0v) is 11.5. The van der Waals surface area contributed by atoms with Crippen LogP contribution in [-0.2, 0) is 0 Å². The monoisotopic (exact) mass is 278 g/mol. The summed E-state index contributed by atoms with van der Waals surface area (Å²) in [5, 5.41) is 8.98. The lowest BCUT2D eigenvalue weighted by molar-refractivity contribution is 0.0686. The molecule has 1 aliphatic rings. The fourth-order valence-corrected chi connectivity index (χ4v) is 2.37. The first kappa shape index (κ1) is 12.3. The Bertz CT molecular complexity index is 571. The minimum Gasteiger partial charge on any atom is -0.485 e. The molecule has 2 heterocycles. The lowest BCUT2D eigenvalue weighted by Gasteiger charge is -2.23. The SMILES string of the molecule is CC(C)Sc1nnc([C@@H]2COc3ccccc3O2)o1. The highest BCUT2D eigenvalue weighted by Gasteiger charge is 2.27. The summed E-state index contributed by atoms with van der Waals surface area (Å²) >= 11 is 1.53. The molecule has 19 heavy (non-hydrogen) atoms. The fraction of sp³-hybridized carbons (Fsp3) is 0.385. The van der Waals surface area contributed by atoms with Crippen molar-refractivity contribution in [1.82, 2.24) is 10.2 Å². The van der Waals surface area contributed by atoms with Crippen molar-refractivity contribution < 1.29 is 13.9 Å². The van der Waals surface area contributed by atoms with E-state index in [0.29, 0.717) is 28.7 Å².